The third-order valence-electron chi connectivity index (χ3n) is 4.92. The molecular formula is C17H33N3O. The van der Waals surface area contributed by atoms with Gasteiger partial charge in [-0.15, -0.1) is 0 Å². The fraction of sp³-hybridized carbons (Fsp3) is 0.941. The summed E-state index contributed by atoms with van der Waals surface area (Å²) in [5.41, 5.74) is 0.458. The third-order valence-corrected chi connectivity index (χ3v) is 4.92. The van der Waals surface area contributed by atoms with Gasteiger partial charge in [-0.25, -0.2) is 0 Å². The van der Waals surface area contributed by atoms with E-state index >= 15 is 0 Å². The molecule has 0 aromatic rings. The van der Waals surface area contributed by atoms with Crippen LogP contribution in [0.3, 0.4) is 0 Å². The van der Waals surface area contributed by atoms with Crippen molar-refractivity contribution in [2.75, 3.05) is 33.3 Å². The standard InChI is InChI=1S/C17H33N3O/c1-4-9-17(2)10-6-12-20(14-17)16(18-3)19-11-8-15-7-5-13-21-15/h15H,4-14H2,1-3H3,(H,18,19). The zero-order valence-corrected chi connectivity index (χ0v) is 14.2. The largest absolute Gasteiger partial charge is 0.378 e. The molecule has 0 amide bonds. The highest BCUT2D eigenvalue weighted by atomic mass is 16.5. The van der Waals surface area contributed by atoms with Crippen molar-refractivity contribution in [1.29, 1.82) is 0 Å². The Morgan fingerprint density at radius 1 is 1.43 bits per heavy atom. The molecule has 2 aliphatic heterocycles. The van der Waals surface area contributed by atoms with Crippen molar-refractivity contribution in [3.05, 3.63) is 0 Å². The molecule has 0 radical (unpaired) electrons. The summed E-state index contributed by atoms with van der Waals surface area (Å²) < 4.78 is 5.69. The van der Waals surface area contributed by atoms with E-state index in [-0.39, 0.29) is 0 Å². The summed E-state index contributed by atoms with van der Waals surface area (Å²) in [5, 5.41) is 3.54. The van der Waals surface area contributed by atoms with E-state index in [1.807, 2.05) is 7.05 Å². The molecule has 4 nitrogen and oxygen atoms in total. The molecule has 0 aromatic carbocycles. The number of aliphatic imine (C=N–C) groups is 1. The summed E-state index contributed by atoms with van der Waals surface area (Å²) in [5.74, 6) is 1.08. The first-order chi connectivity index (χ1) is 10.2. The summed E-state index contributed by atoms with van der Waals surface area (Å²) in [6, 6.07) is 0. The molecule has 0 aliphatic carbocycles. The predicted molar refractivity (Wildman–Crippen MR) is 88.8 cm³/mol. The van der Waals surface area contributed by atoms with Crippen LogP contribution < -0.4 is 5.32 Å². The molecule has 2 fully saturated rings. The van der Waals surface area contributed by atoms with Gasteiger partial charge in [-0.05, 0) is 43.9 Å². The Balaban J connectivity index is 1.79. The fourth-order valence-corrected chi connectivity index (χ4v) is 3.85. The normalized spacial score (nSPS) is 30.7. The third kappa shape index (κ3) is 4.87. The minimum atomic E-state index is 0.458. The first-order valence-corrected chi connectivity index (χ1v) is 8.74. The van der Waals surface area contributed by atoms with Crippen LogP contribution in [0.2, 0.25) is 0 Å². The molecule has 0 spiro atoms. The fourth-order valence-electron chi connectivity index (χ4n) is 3.85. The molecule has 21 heavy (non-hydrogen) atoms. The number of piperidine rings is 1. The zero-order valence-electron chi connectivity index (χ0n) is 14.2. The van der Waals surface area contributed by atoms with Gasteiger partial charge in [-0.3, -0.25) is 4.99 Å². The Bertz CT molecular complexity index is 335. The molecule has 2 saturated heterocycles. The van der Waals surface area contributed by atoms with E-state index in [9.17, 15) is 0 Å². The summed E-state index contributed by atoms with van der Waals surface area (Å²) in [7, 11) is 1.90. The molecule has 122 valence electrons. The van der Waals surface area contributed by atoms with E-state index in [1.54, 1.807) is 0 Å². The van der Waals surface area contributed by atoms with E-state index in [0.717, 1.165) is 38.6 Å². The minimum absolute atomic E-state index is 0.458. The van der Waals surface area contributed by atoms with Gasteiger partial charge in [0.25, 0.3) is 0 Å². The van der Waals surface area contributed by atoms with Gasteiger partial charge in [0.1, 0.15) is 0 Å². The molecule has 4 heteroatoms. The second kappa shape index (κ2) is 8.02. The summed E-state index contributed by atoms with van der Waals surface area (Å²) in [6.07, 6.45) is 9.22. The highest BCUT2D eigenvalue weighted by Gasteiger charge is 2.31. The highest BCUT2D eigenvalue weighted by Crippen LogP contribution is 2.33. The Hall–Kier alpha value is -0.770. The van der Waals surface area contributed by atoms with Crippen molar-refractivity contribution in [3.8, 4) is 0 Å². The summed E-state index contributed by atoms with van der Waals surface area (Å²) >= 11 is 0. The van der Waals surface area contributed by atoms with E-state index in [2.05, 4.69) is 29.1 Å². The Morgan fingerprint density at radius 2 is 2.29 bits per heavy atom. The maximum Gasteiger partial charge on any atom is 0.193 e. The van der Waals surface area contributed by atoms with Crippen molar-refractivity contribution in [1.82, 2.24) is 10.2 Å². The second-order valence-electron chi connectivity index (χ2n) is 6.98. The van der Waals surface area contributed by atoms with Crippen LogP contribution >= 0.6 is 0 Å². The summed E-state index contributed by atoms with van der Waals surface area (Å²) in [6.45, 7) is 8.92. The molecule has 0 aromatic heterocycles. The average molecular weight is 295 g/mol. The number of likely N-dealkylation sites (tertiary alicyclic amines) is 1. The van der Waals surface area contributed by atoms with E-state index in [0.29, 0.717) is 11.5 Å². The maximum atomic E-state index is 5.69. The minimum Gasteiger partial charge on any atom is -0.378 e. The zero-order chi connectivity index (χ0) is 15.1. The number of hydrogen-bond donors (Lipinski definition) is 1. The number of guanidine groups is 1. The smallest absolute Gasteiger partial charge is 0.193 e. The first-order valence-electron chi connectivity index (χ1n) is 8.74. The van der Waals surface area contributed by atoms with E-state index in [1.165, 1.54) is 38.5 Å². The van der Waals surface area contributed by atoms with Crippen LogP contribution in [0.25, 0.3) is 0 Å². The first kappa shape index (κ1) is 16.6. The lowest BCUT2D eigenvalue weighted by Crippen LogP contribution is -2.50. The number of nitrogens with one attached hydrogen (secondary N) is 1. The van der Waals surface area contributed by atoms with Crippen molar-refractivity contribution in [3.63, 3.8) is 0 Å². The SMILES string of the molecule is CCCC1(C)CCCN(C(=NC)NCCC2CCCO2)C1. The quantitative estimate of drug-likeness (QED) is 0.626. The van der Waals surface area contributed by atoms with Crippen molar-refractivity contribution in [2.45, 2.75) is 64.9 Å². The van der Waals surface area contributed by atoms with Crippen LogP contribution in [0, 0.1) is 5.41 Å². The molecule has 0 bridgehead atoms. The average Bonchev–Trinajstić information content (AvgIpc) is 2.97. The molecule has 2 rings (SSSR count). The number of ether oxygens (including phenoxy) is 1. The molecule has 0 saturated carbocycles. The molecule has 2 unspecified atom stereocenters. The molecule has 1 N–H and O–H groups in total. The maximum absolute atomic E-state index is 5.69. The van der Waals surface area contributed by atoms with Gasteiger partial charge < -0.3 is 15.0 Å². The van der Waals surface area contributed by atoms with Crippen molar-refractivity contribution in [2.24, 2.45) is 10.4 Å². The van der Waals surface area contributed by atoms with Crippen LogP contribution in [-0.2, 0) is 4.74 Å². The Labute approximate surface area is 130 Å². The lowest BCUT2D eigenvalue weighted by Gasteiger charge is -2.42. The van der Waals surface area contributed by atoms with E-state index < -0.39 is 0 Å². The predicted octanol–water partition coefficient (Wildman–Crippen LogP) is 3.03. The van der Waals surface area contributed by atoms with Crippen molar-refractivity contribution >= 4 is 5.96 Å². The van der Waals surface area contributed by atoms with Crippen molar-refractivity contribution < 1.29 is 4.74 Å². The summed E-state index contributed by atoms with van der Waals surface area (Å²) in [4.78, 5) is 6.95. The molecular weight excluding hydrogens is 262 g/mol. The van der Waals surface area contributed by atoms with Crippen LogP contribution in [-0.4, -0.2) is 50.3 Å². The number of rotatable bonds is 5. The van der Waals surface area contributed by atoms with Gasteiger partial charge in [-0.1, -0.05) is 20.3 Å². The van der Waals surface area contributed by atoms with Gasteiger partial charge in [0.2, 0.25) is 0 Å². The van der Waals surface area contributed by atoms with Crippen LogP contribution in [0.5, 0.6) is 0 Å². The molecule has 2 heterocycles. The number of hydrogen-bond acceptors (Lipinski definition) is 2. The Kier molecular flexibility index (Phi) is 6.34. The van der Waals surface area contributed by atoms with E-state index in [4.69, 9.17) is 4.74 Å². The lowest BCUT2D eigenvalue weighted by atomic mass is 9.78. The Morgan fingerprint density at radius 3 is 2.95 bits per heavy atom. The van der Waals surface area contributed by atoms with Crippen LogP contribution in [0.4, 0.5) is 0 Å². The highest BCUT2D eigenvalue weighted by molar-refractivity contribution is 5.80. The second-order valence-corrected chi connectivity index (χ2v) is 6.98. The van der Waals surface area contributed by atoms with Gasteiger partial charge in [0.15, 0.2) is 5.96 Å². The molecule has 2 aliphatic rings. The van der Waals surface area contributed by atoms with Gasteiger partial charge in [-0.2, -0.15) is 0 Å². The molecule has 2 atom stereocenters. The van der Waals surface area contributed by atoms with Crippen LogP contribution in [0.1, 0.15) is 58.8 Å². The topological polar surface area (TPSA) is 36.9 Å². The van der Waals surface area contributed by atoms with Crippen LogP contribution in [0.15, 0.2) is 4.99 Å². The van der Waals surface area contributed by atoms with Gasteiger partial charge in [0.05, 0.1) is 6.10 Å². The van der Waals surface area contributed by atoms with Gasteiger partial charge in [0, 0.05) is 33.3 Å². The van der Waals surface area contributed by atoms with Gasteiger partial charge >= 0.3 is 0 Å². The monoisotopic (exact) mass is 295 g/mol. The number of nitrogens with zero attached hydrogens (tertiary/aromatic N) is 2. The lowest BCUT2D eigenvalue weighted by molar-refractivity contribution is 0.104.